The Morgan fingerprint density at radius 2 is 2.11 bits per heavy atom. The normalized spacial score (nSPS) is 17.1. The maximum absolute atomic E-state index is 11.6. The Bertz CT molecular complexity index is 418. The summed E-state index contributed by atoms with van der Waals surface area (Å²) in [7, 11) is 1.36. The molecule has 0 aromatic carbocycles. The molecule has 1 atom stereocenters. The van der Waals surface area contributed by atoms with Gasteiger partial charge in [0.2, 0.25) is 5.82 Å². The molecule has 1 unspecified atom stereocenters. The summed E-state index contributed by atoms with van der Waals surface area (Å²) in [5.74, 6) is 0.830. The molecule has 0 saturated carbocycles. The Morgan fingerprint density at radius 1 is 1.37 bits per heavy atom. The SMILES string of the molecule is CCC(Oc1nsnc1N1CCCCC1)C(=O)OC. The van der Waals surface area contributed by atoms with E-state index in [0.717, 1.165) is 43.5 Å². The summed E-state index contributed by atoms with van der Waals surface area (Å²) in [4.78, 5) is 13.7. The van der Waals surface area contributed by atoms with Crippen LogP contribution in [0.2, 0.25) is 0 Å². The van der Waals surface area contributed by atoms with Crippen molar-refractivity contribution < 1.29 is 14.3 Å². The van der Waals surface area contributed by atoms with Gasteiger partial charge in [-0.25, -0.2) is 4.79 Å². The van der Waals surface area contributed by atoms with Gasteiger partial charge in [-0.3, -0.25) is 0 Å². The molecule has 2 rings (SSSR count). The molecule has 0 aliphatic carbocycles. The molecular weight excluding hydrogens is 266 g/mol. The maximum atomic E-state index is 11.6. The Hall–Kier alpha value is -1.37. The highest BCUT2D eigenvalue weighted by Crippen LogP contribution is 2.29. The molecule has 2 heterocycles. The standard InChI is InChI=1S/C12H19N3O3S/c1-3-9(12(16)17-2)18-11-10(13-19-14-11)15-7-5-4-6-8-15/h9H,3-8H2,1-2H3. The topological polar surface area (TPSA) is 64.6 Å². The van der Waals surface area contributed by atoms with Crippen molar-refractivity contribution in [1.29, 1.82) is 0 Å². The van der Waals surface area contributed by atoms with Gasteiger partial charge < -0.3 is 14.4 Å². The number of carbonyl (C=O) groups is 1. The van der Waals surface area contributed by atoms with Gasteiger partial charge in [0.1, 0.15) is 0 Å². The van der Waals surface area contributed by atoms with Gasteiger partial charge in [-0.15, -0.1) is 4.37 Å². The zero-order valence-corrected chi connectivity index (χ0v) is 12.1. The number of aromatic nitrogens is 2. The van der Waals surface area contributed by atoms with E-state index in [-0.39, 0.29) is 5.97 Å². The summed E-state index contributed by atoms with van der Waals surface area (Å²) in [6.07, 6.45) is 3.50. The summed E-state index contributed by atoms with van der Waals surface area (Å²) in [6, 6.07) is 0. The molecule has 1 aliphatic heterocycles. The van der Waals surface area contributed by atoms with Gasteiger partial charge in [0.25, 0.3) is 5.88 Å². The highest BCUT2D eigenvalue weighted by atomic mass is 32.1. The van der Waals surface area contributed by atoms with Crippen LogP contribution < -0.4 is 9.64 Å². The predicted molar refractivity (Wildman–Crippen MR) is 72.7 cm³/mol. The number of methoxy groups -OCH3 is 1. The third-order valence-electron chi connectivity index (χ3n) is 3.19. The average molecular weight is 285 g/mol. The molecule has 1 aliphatic rings. The summed E-state index contributed by atoms with van der Waals surface area (Å²) >= 11 is 1.11. The van der Waals surface area contributed by atoms with E-state index in [0.29, 0.717) is 12.3 Å². The van der Waals surface area contributed by atoms with Crippen molar-refractivity contribution in [3.63, 3.8) is 0 Å². The fourth-order valence-electron chi connectivity index (χ4n) is 2.11. The summed E-state index contributed by atoms with van der Waals surface area (Å²) in [5.41, 5.74) is 0. The molecule has 7 heteroatoms. The third kappa shape index (κ3) is 3.34. The number of ether oxygens (including phenoxy) is 2. The average Bonchev–Trinajstić information content (AvgIpc) is 2.93. The van der Waals surface area contributed by atoms with Crippen LogP contribution in [0.25, 0.3) is 0 Å². The van der Waals surface area contributed by atoms with Gasteiger partial charge in [-0.05, 0) is 25.7 Å². The second-order valence-corrected chi connectivity index (χ2v) is 5.01. The van der Waals surface area contributed by atoms with Crippen molar-refractivity contribution in [1.82, 2.24) is 8.75 Å². The number of rotatable bonds is 5. The van der Waals surface area contributed by atoms with Gasteiger partial charge in [0.05, 0.1) is 18.8 Å². The molecule has 1 fully saturated rings. The summed E-state index contributed by atoms with van der Waals surface area (Å²) in [5, 5.41) is 0. The van der Waals surface area contributed by atoms with Crippen molar-refractivity contribution >= 4 is 23.5 Å². The van der Waals surface area contributed by atoms with Crippen molar-refractivity contribution in [3.8, 4) is 5.88 Å². The number of anilines is 1. The van der Waals surface area contributed by atoms with Gasteiger partial charge >= 0.3 is 5.97 Å². The van der Waals surface area contributed by atoms with E-state index in [1.165, 1.54) is 13.5 Å². The largest absolute Gasteiger partial charge is 0.466 e. The number of nitrogens with zero attached hydrogens (tertiary/aromatic N) is 3. The van der Waals surface area contributed by atoms with Crippen LogP contribution in [0.4, 0.5) is 5.82 Å². The van der Waals surface area contributed by atoms with Gasteiger partial charge in [-0.1, -0.05) is 6.92 Å². The first-order chi connectivity index (χ1) is 9.26. The molecule has 106 valence electrons. The highest BCUT2D eigenvalue weighted by Gasteiger charge is 2.25. The third-order valence-corrected chi connectivity index (χ3v) is 3.69. The number of piperidine rings is 1. The quantitative estimate of drug-likeness (QED) is 0.769. The van der Waals surface area contributed by atoms with E-state index >= 15 is 0 Å². The minimum atomic E-state index is -0.613. The molecule has 1 aromatic heterocycles. The lowest BCUT2D eigenvalue weighted by atomic mass is 10.1. The number of hydrogen-bond donors (Lipinski definition) is 0. The molecule has 0 N–H and O–H groups in total. The van der Waals surface area contributed by atoms with Crippen molar-refractivity contribution in [2.75, 3.05) is 25.1 Å². The van der Waals surface area contributed by atoms with Gasteiger partial charge in [0.15, 0.2) is 6.10 Å². The number of esters is 1. The molecule has 0 amide bonds. The van der Waals surface area contributed by atoms with Crippen LogP contribution in [0.3, 0.4) is 0 Å². The number of carbonyl (C=O) groups excluding carboxylic acids is 1. The van der Waals surface area contributed by atoms with Crippen molar-refractivity contribution in [2.45, 2.75) is 38.7 Å². The van der Waals surface area contributed by atoms with E-state index < -0.39 is 6.10 Å². The Balaban J connectivity index is 2.08. The molecular formula is C12H19N3O3S. The fraction of sp³-hybridized carbons (Fsp3) is 0.750. The Morgan fingerprint density at radius 3 is 2.74 bits per heavy atom. The fourth-order valence-corrected chi connectivity index (χ4v) is 2.62. The van der Waals surface area contributed by atoms with Crippen LogP contribution in [0.15, 0.2) is 0 Å². The lowest BCUT2D eigenvalue weighted by Gasteiger charge is -2.27. The van der Waals surface area contributed by atoms with E-state index in [9.17, 15) is 4.79 Å². The van der Waals surface area contributed by atoms with Gasteiger partial charge in [0, 0.05) is 13.1 Å². The Labute approximate surface area is 117 Å². The lowest BCUT2D eigenvalue weighted by molar-refractivity contribution is -0.149. The highest BCUT2D eigenvalue weighted by molar-refractivity contribution is 6.99. The summed E-state index contributed by atoms with van der Waals surface area (Å²) < 4.78 is 18.8. The van der Waals surface area contributed by atoms with Crippen LogP contribution in [-0.2, 0) is 9.53 Å². The maximum Gasteiger partial charge on any atom is 0.347 e. The minimum absolute atomic E-state index is 0.375. The number of hydrogen-bond acceptors (Lipinski definition) is 7. The molecule has 1 aromatic rings. The zero-order chi connectivity index (χ0) is 13.7. The zero-order valence-electron chi connectivity index (χ0n) is 11.3. The van der Waals surface area contributed by atoms with E-state index in [2.05, 4.69) is 13.6 Å². The second-order valence-electron chi connectivity index (χ2n) is 4.48. The van der Waals surface area contributed by atoms with Crippen LogP contribution in [0.1, 0.15) is 32.6 Å². The summed E-state index contributed by atoms with van der Waals surface area (Å²) in [6.45, 7) is 3.82. The lowest BCUT2D eigenvalue weighted by Crippen LogP contribution is -2.32. The minimum Gasteiger partial charge on any atom is -0.466 e. The smallest absolute Gasteiger partial charge is 0.347 e. The molecule has 1 saturated heterocycles. The van der Waals surface area contributed by atoms with Crippen LogP contribution in [0, 0.1) is 0 Å². The molecule has 0 bridgehead atoms. The molecule has 6 nitrogen and oxygen atoms in total. The van der Waals surface area contributed by atoms with Gasteiger partial charge in [-0.2, -0.15) is 4.37 Å². The first-order valence-electron chi connectivity index (χ1n) is 6.58. The first kappa shape index (κ1) is 14.0. The first-order valence-corrected chi connectivity index (χ1v) is 7.31. The predicted octanol–water partition coefficient (Wildman–Crippen LogP) is 1.86. The van der Waals surface area contributed by atoms with Crippen LogP contribution in [0.5, 0.6) is 5.88 Å². The van der Waals surface area contributed by atoms with E-state index in [4.69, 9.17) is 9.47 Å². The molecule has 19 heavy (non-hydrogen) atoms. The van der Waals surface area contributed by atoms with Crippen molar-refractivity contribution in [2.24, 2.45) is 0 Å². The Kier molecular flexibility index (Phi) is 4.95. The molecule has 0 spiro atoms. The monoisotopic (exact) mass is 285 g/mol. The van der Waals surface area contributed by atoms with Crippen LogP contribution >= 0.6 is 11.7 Å². The van der Waals surface area contributed by atoms with E-state index in [1.807, 2.05) is 6.92 Å². The van der Waals surface area contributed by atoms with Crippen LogP contribution in [-0.4, -0.2) is 41.0 Å². The van der Waals surface area contributed by atoms with Crippen molar-refractivity contribution in [3.05, 3.63) is 0 Å². The second kappa shape index (κ2) is 6.70. The van der Waals surface area contributed by atoms with E-state index in [1.54, 1.807) is 0 Å². The molecule has 0 radical (unpaired) electrons.